The molecule has 0 bridgehead atoms. The highest BCUT2D eigenvalue weighted by molar-refractivity contribution is 7.80. The monoisotopic (exact) mass is 559 g/mol. The Morgan fingerprint density at radius 2 is 2.00 bits per heavy atom. The van der Waals surface area contributed by atoms with E-state index in [9.17, 15) is 14.0 Å². The number of carbonyl (C=O) groups is 2. The summed E-state index contributed by atoms with van der Waals surface area (Å²) in [4.78, 5) is 30.9. The number of halogens is 1. The second-order valence-corrected chi connectivity index (χ2v) is 10.9. The van der Waals surface area contributed by atoms with Crippen molar-refractivity contribution >= 4 is 29.0 Å². The molecule has 1 amide bonds. The predicted octanol–water partition coefficient (Wildman–Crippen LogP) is 1.07. The predicted molar refractivity (Wildman–Crippen MR) is 155 cm³/mol. The molecule has 4 rings (SSSR count). The zero-order chi connectivity index (χ0) is 27.6. The number of piperazine rings is 2. The number of allylic oxidation sites excluding steroid dienone is 1. The third kappa shape index (κ3) is 8.69. The van der Waals surface area contributed by atoms with Crippen LogP contribution in [0.4, 0.5) is 4.39 Å². The van der Waals surface area contributed by atoms with Crippen molar-refractivity contribution in [1.82, 2.24) is 36.0 Å². The van der Waals surface area contributed by atoms with Crippen LogP contribution in [0.5, 0.6) is 0 Å². The number of rotatable bonds is 10. The maximum absolute atomic E-state index is 14.7. The van der Waals surface area contributed by atoms with Crippen LogP contribution in [0.3, 0.4) is 0 Å². The zero-order valence-electron chi connectivity index (χ0n) is 22.9. The number of benzene rings is 1. The van der Waals surface area contributed by atoms with E-state index in [1.807, 2.05) is 4.90 Å². The van der Waals surface area contributed by atoms with Gasteiger partial charge in [-0.3, -0.25) is 14.5 Å². The summed E-state index contributed by atoms with van der Waals surface area (Å²) in [7, 11) is 0. The van der Waals surface area contributed by atoms with Crippen LogP contribution in [0.25, 0.3) is 0 Å². The van der Waals surface area contributed by atoms with Gasteiger partial charge in [0, 0.05) is 96.7 Å². The van der Waals surface area contributed by atoms with E-state index in [-0.39, 0.29) is 17.3 Å². The molecule has 2 unspecified atom stereocenters. The van der Waals surface area contributed by atoms with Gasteiger partial charge in [-0.2, -0.15) is 0 Å². The number of carbonyl (C=O) groups excluding carboxylic acids is 2. The molecule has 0 aromatic heterocycles. The lowest BCUT2D eigenvalue weighted by Crippen LogP contribution is -2.56. The highest BCUT2D eigenvalue weighted by Gasteiger charge is 2.28. The van der Waals surface area contributed by atoms with Crippen LogP contribution >= 0.6 is 12.2 Å². The fourth-order valence-corrected chi connectivity index (χ4v) is 5.52. The Hall–Kier alpha value is -2.60. The number of amides is 1. The summed E-state index contributed by atoms with van der Waals surface area (Å²) >= 11 is 5.51. The van der Waals surface area contributed by atoms with Crippen molar-refractivity contribution in [2.45, 2.75) is 44.8 Å². The second-order valence-electron chi connectivity index (χ2n) is 10.5. The first kappa shape index (κ1) is 29.4. The Balaban J connectivity index is 1.26. The Morgan fingerprint density at radius 1 is 1.18 bits per heavy atom. The van der Waals surface area contributed by atoms with Crippen molar-refractivity contribution in [3.05, 3.63) is 47.4 Å². The van der Waals surface area contributed by atoms with Gasteiger partial charge in [-0.1, -0.05) is 19.4 Å². The fraction of sp³-hybridized carbons (Fsp3) is 0.607. The van der Waals surface area contributed by atoms with E-state index in [0.29, 0.717) is 49.8 Å². The first-order valence-electron chi connectivity index (χ1n) is 14.2. The van der Waals surface area contributed by atoms with Crippen molar-refractivity contribution in [3.8, 4) is 0 Å². The molecule has 2 saturated heterocycles. The fourth-order valence-electron chi connectivity index (χ4n) is 5.36. The van der Waals surface area contributed by atoms with Crippen molar-refractivity contribution in [2.24, 2.45) is 0 Å². The highest BCUT2D eigenvalue weighted by Crippen LogP contribution is 2.18. The van der Waals surface area contributed by atoms with Gasteiger partial charge in [0.15, 0.2) is 10.9 Å². The average molecular weight is 560 g/mol. The molecule has 1 aromatic rings. The van der Waals surface area contributed by atoms with Crippen LogP contribution in [0.2, 0.25) is 0 Å². The SMILES string of the molecule is CCCC(CNC(=S)NCC1CNCCN1)N1CCN(C(=O)c2cc(CN3C=CC(=O)CC3)ccc2F)CC1. The molecule has 3 heterocycles. The Bertz CT molecular complexity index is 1030. The molecule has 0 saturated carbocycles. The van der Waals surface area contributed by atoms with Gasteiger partial charge in [0.2, 0.25) is 0 Å². The summed E-state index contributed by atoms with van der Waals surface area (Å²) in [5.74, 6) is -0.648. The molecule has 11 heteroatoms. The first-order chi connectivity index (χ1) is 18.9. The average Bonchev–Trinajstić information content (AvgIpc) is 2.96. The van der Waals surface area contributed by atoms with Crippen molar-refractivity contribution < 1.29 is 14.0 Å². The van der Waals surface area contributed by atoms with Crippen molar-refractivity contribution in [2.75, 3.05) is 65.4 Å². The molecular formula is C28H42FN7O2S. The lowest BCUT2D eigenvalue weighted by molar-refractivity contribution is -0.115. The summed E-state index contributed by atoms with van der Waals surface area (Å²) in [6.07, 6.45) is 5.90. The third-order valence-corrected chi connectivity index (χ3v) is 7.92. The third-order valence-electron chi connectivity index (χ3n) is 7.64. The summed E-state index contributed by atoms with van der Waals surface area (Å²) in [5.41, 5.74) is 0.968. The van der Waals surface area contributed by atoms with E-state index in [1.54, 1.807) is 29.3 Å². The Labute approximate surface area is 236 Å². The smallest absolute Gasteiger partial charge is 0.256 e. The molecule has 0 radical (unpaired) electrons. The van der Waals surface area contributed by atoms with Crippen LogP contribution in [0.1, 0.15) is 42.1 Å². The topological polar surface area (TPSA) is 92.0 Å². The normalized spacial score (nSPS) is 21.1. The van der Waals surface area contributed by atoms with E-state index in [0.717, 1.165) is 64.2 Å². The maximum Gasteiger partial charge on any atom is 0.256 e. The molecule has 9 nitrogen and oxygen atoms in total. The molecule has 3 aliphatic heterocycles. The minimum absolute atomic E-state index is 0.113. The van der Waals surface area contributed by atoms with Gasteiger partial charge in [0.25, 0.3) is 5.91 Å². The molecule has 4 N–H and O–H groups in total. The zero-order valence-corrected chi connectivity index (χ0v) is 23.7. The molecule has 0 spiro atoms. The van der Waals surface area contributed by atoms with E-state index >= 15 is 0 Å². The van der Waals surface area contributed by atoms with Crippen LogP contribution in [0, 0.1) is 5.82 Å². The molecule has 214 valence electrons. The summed E-state index contributed by atoms with van der Waals surface area (Å²) < 4.78 is 14.7. The Morgan fingerprint density at radius 3 is 2.69 bits per heavy atom. The van der Waals surface area contributed by atoms with Crippen LogP contribution in [-0.2, 0) is 11.3 Å². The molecule has 2 atom stereocenters. The largest absolute Gasteiger partial charge is 0.372 e. The molecule has 3 aliphatic rings. The van der Waals surface area contributed by atoms with Gasteiger partial charge in [-0.15, -0.1) is 0 Å². The van der Waals surface area contributed by atoms with Crippen molar-refractivity contribution in [3.63, 3.8) is 0 Å². The summed E-state index contributed by atoms with van der Waals surface area (Å²) in [6, 6.07) is 5.42. The van der Waals surface area contributed by atoms with Crippen molar-refractivity contribution in [1.29, 1.82) is 0 Å². The van der Waals surface area contributed by atoms with Crippen LogP contribution < -0.4 is 21.3 Å². The van der Waals surface area contributed by atoms with Crippen LogP contribution in [0.15, 0.2) is 30.5 Å². The number of nitrogens with one attached hydrogen (secondary N) is 4. The minimum atomic E-state index is -0.496. The lowest BCUT2D eigenvalue weighted by Gasteiger charge is -2.39. The number of thiocarbonyl (C=S) groups is 1. The van der Waals surface area contributed by atoms with Gasteiger partial charge >= 0.3 is 0 Å². The van der Waals surface area contributed by atoms with Crippen LogP contribution in [-0.4, -0.2) is 109 Å². The molecule has 0 aliphatic carbocycles. The molecular weight excluding hydrogens is 517 g/mol. The van der Waals surface area contributed by atoms with E-state index in [1.165, 1.54) is 6.07 Å². The minimum Gasteiger partial charge on any atom is -0.372 e. The number of nitrogens with zero attached hydrogens (tertiary/aromatic N) is 3. The lowest BCUT2D eigenvalue weighted by atomic mass is 10.1. The summed E-state index contributed by atoms with van der Waals surface area (Å²) in [5, 5.41) is 14.2. The Kier molecular flexibility index (Phi) is 11.1. The van der Waals surface area contributed by atoms with Gasteiger partial charge in [-0.25, -0.2) is 4.39 Å². The first-order valence-corrected chi connectivity index (χ1v) is 14.6. The van der Waals surface area contributed by atoms with E-state index in [2.05, 4.69) is 33.1 Å². The molecule has 1 aromatic carbocycles. The van der Waals surface area contributed by atoms with Gasteiger partial charge in [0.05, 0.1) is 5.56 Å². The van der Waals surface area contributed by atoms with Gasteiger partial charge in [-0.05, 0) is 42.4 Å². The van der Waals surface area contributed by atoms with E-state index in [4.69, 9.17) is 12.2 Å². The maximum atomic E-state index is 14.7. The quantitative estimate of drug-likeness (QED) is 0.314. The van der Waals surface area contributed by atoms with Gasteiger partial charge in [0.1, 0.15) is 5.82 Å². The summed E-state index contributed by atoms with van der Waals surface area (Å²) in [6.45, 7) is 10.4. The van der Waals surface area contributed by atoms with Gasteiger partial charge < -0.3 is 31.1 Å². The second kappa shape index (κ2) is 14.7. The molecule has 2 fully saturated rings. The van der Waals surface area contributed by atoms with E-state index < -0.39 is 5.82 Å². The highest BCUT2D eigenvalue weighted by atomic mass is 32.1. The molecule has 39 heavy (non-hydrogen) atoms. The standard InChI is InChI=1S/C28H42FN7O2S/c1-2-3-23(19-33-28(39)32-18-22-17-30-8-9-31-22)35-12-14-36(15-13-35)27(38)25-16-21(4-5-26(25)29)20-34-10-6-24(37)7-11-34/h4-6,10,16,22-23,30-31H,2-3,7-9,11-15,17-20H2,1H3,(H2,32,33,39). The number of hydrogen-bond acceptors (Lipinski definition) is 7. The number of ketones is 1. The number of hydrogen-bond donors (Lipinski definition) is 4.